The van der Waals surface area contributed by atoms with Crippen LogP contribution in [0.4, 0.5) is 0 Å². The van der Waals surface area contributed by atoms with Gasteiger partial charge < -0.3 is 4.90 Å². The van der Waals surface area contributed by atoms with Crippen LogP contribution in [0, 0.1) is 5.92 Å². The smallest absolute Gasteiger partial charge is 0.254 e. The lowest BCUT2D eigenvalue weighted by molar-refractivity contribution is 0.0718. The summed E-state index contributed by atoms with van der Waals surface area (Å²) in [7, 11) is -2.03. The molecular weight excluding hydrogens is 324 g/mol. The van der Waals surface area contributed by atoms with Crippen molar-refractivity contribution in [1.82, 2.24) is 9.21 Å². The standard InChI is InChI=1S/C18H28N2O3S/c1-6-17-14(4)10-11-20(17)18(21)15-8-7-9-16(12-15)24(22,23)19(5)13(2)3/h7-9,12-14,17H,6,10-11H2,1-5H3. The average Bonchev–Trinajstić information content (AvgIpc) is 2.94. The van der Waals surface area contributed by atoms with E-state index in [4.69, 9.17) is 0 Å². The zero-order chi connectivity index (χ0) is 18.1. The normalized spacial score (nSPS) is 21.7. The summed E-state index contributed by atoms with van der Waals surface area (Å²) in [4.78, 5) is 14.9. The number of amides is 1. The Balaban J connectivity index is 2.33. The van der Waals surface area contributed by atoms with Crippen LogP contribution in [-0.2, 0) is 10.0 Å². The van der Waals surface area contributed by atoms with Gasteiger partial charge in [-0.25, -0.2) is 8.42 Å². The average molecular weight is 353 g/mol. The number of rotatable bonds is 5. The molecule has 0 N–H and O–H groups in total. The van der Waals surface area contributed by atoms with Crippen molar-refractivity contribution < 1.29 is 13.2 Å². The molecular formula is C18H28N2O3S. The number of sulfonamides is 1. The molecule has 0 spiro atoms. The van der Waals surface area contributed by atoms with E-state index in [1.54, 1.807) is 25.2 Å². The number of likely N-dealkylation sites (tertiary alicyclic amines) is 1. The summed E-state index contributed by atoms with van der Waals surface area (Å²) in [6, 6.07) is 6.50. The number of carbonyl (C=O) groups excluding carboxylic acids is 1. The lowest BCUT2D eigenvalue weighted by atomic mass is 10.0. The second kappa shape index (κ2) is 7.23. The Morgan fingerprint density at radius 2 is 2.04 bits per heavy atom. The van der Waals surface area contributed by atoms with E-state index in [0.29, 0.717) is 11.5 Å². The second-order valence-electron chi connectivity index (χ2n) is 6.88. The summed E-state index contributed by atoms with van der Waals surface area (Å²) >= 11 is 0. The number of nitrogens with zero attached hydrogens (tertiary/aromatic N) is 2. The van der Waals surface area contributed by atoms with Gasteiger partial charge in [-0.15, -0.1) is 0 Å². The SMILES string of the molecule is CCC1C(C)CCN1C(=O)c1cccc(S(=O)(=O)N(C)C(C)C)c1. The number of hydrogen-bond acceptors (Lipinski definition) is 3. The van der Waals surface area contributed by atoms with Crippen molar-refractivity contribution in [3.63, 3.8) is 0 Å². The van der Waals surface area contributed by atoms with Gasteiger partial charge in [0.05, 0.1) is 4.90 Å². The fourth-order valence-electron chi connectivity index (χ4n) is 3.28. The Bertz CT molecular complexity index is 700. The molecule has 0 bridgehead atoms. The van der Waals surface area contributed by atoms with Crippen molar-refractivity contribution in [3.05, 3.63) is 29.8 Å². The van der Waals surface area contributed by atoms with Crippen molar-refractivity contribution in [2.75, 3.05) is 13.6 Å². The first-order chi connectivity index (χ1) is 11.2. The summed E-state index contributed by atoms with van der Waals surface area (Å²) in [6.07, 6.45) is 1.92. The van der Waals surface area contributed by atoms with Crippen LogP contribution >= 0.6 is 0 Å². The van der Waals surface area contributed by atoms with E-state index in [1.807, 2.05) is 18.7 Å². The van der Waals surface area contributed by atoms with Gasteiger partial charge in [0.1, 0.15) is 0 Å². The van der Waals surface area contributed by atoms with Gasteiger partial charge in [-0.1, -0.05) is 19.9 Å². The van der Waals surface area contributed by atoms with E-state index in [1.165, 1.54) is 10.4 Å². The van der Waals surface area contributed by atoms with Crippen molar-refractivity contribution in [2.24, 2.45) is 5.92 Å². The summed E-state index contributed by atoms with van der Waals surface area (Å²) in [5, 5.41) is 0. The quantitative estimate of drug-likeness (QED) is 0.818. The van der Waals surface area contributed by atoms with Crippen LogP contribution in [0.1, 0.15) is 50.9 Å². The maximum atomic E-state index is 12.9. The maximum Gasteiger partial charge on any atom is 0.254 e. The van der Waals surface area contributed by atoms with Crippen molar-refractivity contribution >= 4 is 15.9 Å². The largest absolute Gasteiger partial charge is 0.335 e. The molecule has 2 atom stereocenters. The van der Waals surface area contributed by atoms with Gasteiger partial charge in [0.15, 0.2) is 0 Å². The Morgan fingerprint density at radius 1 is 1.38 bits per heavy atom. The molecule has 0 saturated carbocycles. The van der Waals surface area contributed by atoms with Crippen LogP contribution in [0.25, 0.3) is 0 Å². The topological polar surface area (TPSA) is 57.7 Å². The van der Waals surface area contributed by atoms with Crippen LogP contribution in [0.2, 0.25) is 0 Å². The molecule has 0 radical (unpaired) electrons. The minimum absolute atomic E-state index is 0.0737. The van der Waals surface area contributed by atoms with Crippen LogP contribution in [0.5, 0.6) is 0 Å². The summed E-state index contributed by atoms with van der Waals surface area (Å²) < 4.78 is 26.6. The minimum Gasteiger partial charge on any atom is -0.335 e. The van der Waals surface area contributed by atoms with Crippen molar-refractivity contribution in [1.29, 1.82) is 0 Å². The fraction of sp³-hybridized carbons (Fsp3) is 0.611. The molecule has 134 valence electrons. The van der Waals surface area contributed by atoms with Gasteiger partial charge in [0.25, 0.3) is 5.91 Å². The van der Waals surface area contributed by atoms with E-state index in [0.717, 1.165) is 19.4 Å². The van der Waals surface area contributed by atoms with Crippen LogP contribution < -0.4 is 0 Å². The van der Waals surface area contributed by atoms with E-state index < -0.39 is 10.0 Å². The highest BCUT2D eigenvalue weighted by Crippen LogP contribution is 2.28. The molecule has 2 unspecified atom stereocenters. The molecule has 1 aromatic carbocycles. The van der Waals surface area contributed by atoms with E-state index >= 15 is 0 Å². The van der Waals surface area contributed by atoms with E-state index in [-0.39, 0.29) is 22.9 Å². The molecule has 2 rings (SSSR count). The Labute approximate surface area is 145 Å². The van der Waals surface area contributed by atoms with Crippen LogP contribution in [-0.4, -0.2) is 49.2 Å². The minimum atomic E-state index is -3.59. The number of hydrogen-bond donors (Lipinski definition) is 0. The van der Waals surface area contributed by atoms with Crippen LogP contribution in [0.3, 0.4) is 0 Å². The highest BCUT2D eigenvalue weighted by atomic mass is 32.2. The van der Waals surface area contributed by atoms with Gasteiger partial charge >= 0.3 is 0 Å². The number of carbonyl (C=O) groups is 1. The van der Waals surface area contributed by atoms with Gasteiger partial charge in [-0.05, 0) is 50.8 Å². The highest BCUT2D eigenvalue weighted by molar-refractivity contribution is 7.89. The molecule has 1 aliphatic heterocycles. The summed E-state index contributed by atoms with van der Waals surface area (Å²) in [5.74, 6) is 0.411. The molecule has 1 aliphatic rings. The maximum absolute atomic E-state index is 12.9. The summed E-state index contributed by atoms with van der Waals surface area (Å²) in [5.41, 5.74) is 0.445. The molecule has 0 aliphatic carbocycles. The lowest BCUT2D eigenvalue weighted by Crippen LogP contribution is -2.37. The predicted octanol–water partition coefficient (Wildman–Crippen LogP) is 2.98. The first-order valence-corrected chi connectivity index (χ1v) is 10.0. The predicted molar refractivity (Wildman–Crippen MR) is 95.4 cm³/mol. The molecule has 6 heteroatoms. The highest BCUT2D eigenvalue weighted by Gasteiger charge is 2.34. The third-order valence-electron chi connectivity index (χ3n) is 5.05. The zero-order valence-corrected chi connectivity index (χ0v) is 16.0. The number of benzene rings is 1. The molecule has 0 aromatic heterocycles. The first kappa shape index (κ1) is 18.9. The van der Waals surface area contributed by atoms with Gasteiger partial charge in [-0.2, -0.15) is 4.31 Å². The molecule has 24 heavy (non-hydrogen) atoms. The second-order valence-corrected chi connectivity index (χ2v) is 8.88. The Kier molecular flexibility index (Phi) is 5.71. The Hall–Kier alpha value is -1.40. The van der Waals surface area contributed by atoms with Gasteiger partial charge in [0, 0.05) is 31.2 Å². The first-order valence-electron chi connectivity index (χ1n) is 8.59. The van der Waals surface area contributed by atoms with Gasteiger partial charge in [0.2, 0.25) is 10.0 Å². The molecule has 5 nitrogen and oxygen atoms in total. The van der Waals surface area contributed by atoms with E-state index in [2.05, 4.69) is 13.8 Å². The van der Waals surface area contributed by atoms with Crippen molar-refractivity contribution in [3.8, 4) is 0 Å². The van der Waals surface area contributed by atoms with Crippen LogP contribution in [0.15, 0.2) is 29.2 Å². The Morgan fingerprint density at radius 3 is 2.62 bits per heavy atom. The van der Waals surface area contributed by atoms with Crippen molar-refractivity contribution in [2.45, 2.75) is 57.5 Å². The molecule has 1 fully saturated rings. The molecule has 1 aromatic rings. The van der Waals surface area contributed by atoms with E-state index in [9.17, 15) is 13.2 Å². The molecule has 1 heterocycles. The monoisotopic (exact) mass is 352 g/mol. The van der Waals surface area contributed by atoms with Gasteiger partial charge in [-0.3, -0.25) is 4.79 Å². The molecule has 1 amide bonds. The third-order valence-corrected chi connectivity index (χ3v) is 7.08. The fourth-order valence-corrected chi connectivity index (χ4v) is 4.70. The third kappa shape index (κ3) is 3.49. The lowest BCUT2D eigenvalue weighted by Gasteiger charge is -2.26. The zero-order valence-electron chi connectivity index (χ0n) is 15.2. The molecule has 1 saturated heterocycles. The summed E-state index contributed by atoms with van der Waals surface area (Å²) in [6.45, 7) is 8.64.